The second kappa shape index (κ2) is 9.82. The highest BCUT2D eigenvalue weighted by Crippen LogP contribution is 2.36. The summed E-state index contributed by atoms with van der Waals surface area (Å²) >= 11 is 0. The van der Waals surface area contributed by atoms with E-state index in [2.05, 4.69) is 15.4 Å². The normalized spacial score (nSPS) is 10.9. The molecule has 0 aliphatic heterocycles. The van der Waals surface area contributed by atoms with E-state index in [1.807, 2.05) is 58.0 Å². The zero-order chi connectivity index (χ0) is 24.2. The van der Waals surface area contributed by atoms with Crippen molar-refractivity contribution in [2.24, 2.45) is 0 Å². The summed E-state index contributed by atoms with van der Waals surface area (Å²) in [7, 11) is 1.57. The Balaban J connectivity index is 1.74. The summed E-state index contributed by atoms with van der Waals surface area (Å²) < 4.78 is 18.5. The number of aryl methyl sites for hydroxylation is 2. The van der Waals surface area contributed by atoms with Crippen LogP contribution in [-0.4, -0.2) is 40.8 Å². The Bertz CT molecular complexity index is 1350. The molecule has 0 unspecified atom stereocenters. The van der Waals surface area contributed by atoms with Gasteiger partial charge in [-0.05, 0) is 57.5 Å². The highest BCUT2D eigenvalue weighted by molar-refractivity contribution is 6.05. The first-order valence-electron chi connectivity index (χ1n) is 11.2. The van der Waals surface area contributed by atoms with Crippen molar-refractivity contribution in [3.63, 3.8) is 0 Å². The number of hydrogen-bond acceptors (Lipinski definition) is 6. The maximum atomic E-state index is 13.0. The number of benzene rings is 2. The Morgan fingerprint density at radius 3 is 2.47 bits per heavy atom. The van der Waals surface area contributed by atoms with Crippen LogP contribution in [-0.2, 0) is 0 Å². The molecule has 0 aliphatic carbocycles. The van der Waals surface area contributed by atoms with E-state index in [0.717, 1.165) is 16.8 Å². The molecule has 0 aliphatic rings. The minimum absolute atomic E-state index is 0.286. The van der Waals surface area contributed by atoms with Gasteiger partial charge in [-0.1, -0.05) is 18.2 Å². The Kier molecular flexibility index (Phi) is 6.67. The molecule has 8 nitrogen and oxygen atoms in total. The molecular formula is C26H28N4O4. The van der Waals surface area contributed by atoms with Crippen LogP contribution in [0, 0.1) is 13.8 Å². The molecule has 0 atom stereocenters. The molecule has 8 heteroatoms. The third kappa shape index (κ3) is 4.26. The molecule has 4 aromatic rings. The van der Waals surface area contributed by atoms with Gasteiger partial charge in [0.2, 0.25) is 0 Å². The van der Waals surface area contributed by atoms with Crippen molar-refractivity contribution in [3.05, 3.63) is 65.6 Å². The van der Waals surface area contributed by atoms with Crippen molar-refractivity contribution < 1.29 is 19.0 Å². The van der Waals surface area contributed by atoms with Gasteiger partial charge in [-0.15, -0.1) is 0 Å². The molecule has 2 aromatic carbocycles. The molecule has 0 saturated heterocycles. The standard InChI is InChI=1S/C26H28N4O4/c1-6-33-22-13-12-18(14-23(22)34-7-2)24-16(3)29-30-17(4)19(15-27-25(24)30)26(31)28-20-10-8-9-11-21(20)32-5/h8-15H,6-7H2,1-5H3,(H,28,31). The van der Waals surface area contributed by atoms with E-state index in [1.165, 1.54) is 0 Å². The predicted molar refractivity (Wildman–Crippen MR) is 131 cm³/mol. The van der Waals surface area contributed by atoms with Gasteiger partial charge in [0.05, 0.1) is 43.0 Å². The van der Waals surface area contributed by atoms with Crippen molar-refractivity contribution in [3.8, 4) is 28.4 Å². The Labute approximate surface area is 198 Å². The lowest BCUT2D eigenvalue weighted by atomic mass is 10.1. The van der Waals surface area contributed by atoms with Crippen LogP contribution in [0.25, 0.3) is 16.8 Å². The summed E-state index contributed by atoms with van der Waals surface area (Å²) in [5.41, 5.74) is 4.95. The van der Waals surface area contributed by atoms with Crippen molar-refractivity contribution in [2.45, 2.75) is 27.7 Å². The van der Waals surface area contributed by atoms with E-state index in [0.29, 0.717) is 53.1 Å². The SMILES string of the molecule is CCOc1ccc(-c2c(C)nn3c(C)c(C(=O)Nc4ccccc4OC)cnc23)cc1OCC. The minimum Gasteiger partial charge on any atom is -0.495 e. The van der Waals surface area contributed by atoms with Crippen LogP contribution in [0.5, 0.6) is 17.2 Å². The van der Waals surface area contributed by atoms with Gasteiger partial charge < -0.3 is 19.5 Å². The molecule has 2 aromatic heterocycles. The predicted octanol–water partition coefficient (Wildman–Crippen LogP) is 5.07. The first-order valence-corrected chi connectivity index (χ1v) is 11.2. The van der Waals surface area contributed by atoms with Crippen LogP contribution in [0.2, 0.25) is 0 Å². The van der Waals surface area contributed by atoms with Crippen LogP contribution in [0.3, 0.4) is 0 Å². The summed E-state index contributed by atoms with van der Waals surface area (Å²) in [6.45, 7) is 8.73. The van der Waals surface area contributed by atoms with E-state index in [4.69, 9.17) is 14.2 Å². The average molecular weight is 461 g/mol. The second-order valence-corrected chi connectivity index (χ2v) is 7.64. The van der Waals surface area contributed by atoms with Crippen molar-refractivity contribution in [1.29, 1.82) is 0 Å². The maximum Gasteiger partial charge on any atom is 0.259 e. The number of rotatable bonds is 8. The molecule has 0 fully saturated rings. The van der Waals surface area contributed by atoms with Gasteiger partial charge in [0.1, 0.15) is 5.75 Å². The lowest BCUT2D eigenvalue weighted by Crippen LogP contribution is -2.16. The van der Waals surface area contributed by atoms with Crippen LogP contribution in [0.4, 0.5) is 5.69 Å². The van der Waals surface area contributed by atoms with Gasteiger partial charge in [-0.25, -0.2) is 9.50 Å². The molecular weight excluding hydrogens is 432 g/mol. The number of methoxy groups -OCH3 is 1. The number of fused-ring (bicyclic) bond motifs is 1. The lowest BCUT2D eigenvalue weighted by molar-refractivity contribution is 0.102. The molecule has 2 heterocycles. The highest BCUT2D eigenvalue weighted by atomic mass is 16.5. The van der Waals surface area contributed by atoms with Crippen LogP contribution < -0.4 is 19.5 Å². The number of nitrogens with zero attached hydrogens (tertiary/aromatic N) is 3. The molecule has 176 valence electrons. The fourth-order valence-corrected chi connectivity index (χ4v) is 3.91. The maximum absolute atomic E-state index is 13.0. The molecule has 0 bridgehead atoms. The summed E-state index contributed by atoms with van der Waals surface area (Å²) in [5.74, 6) is 1.66. The first kappa shape index (κ1) is 23.1. The minimum atomic E-state index is -0.286. The van der Waals surface area contributed by atoms with Crippen LogP contribution >= 0.6 is 0 Å². The number of aromatic nitrogens is 3. The van der Waals surface area contributed by atoms with E-state index in [-0.39, 0.29) is 5.91 Å². The number of ether oxygens (including phenoxy) is 3. The number of anilines is 1. The Hall–Kier alpha value is -4.07. The molecule has 0 spiro atoms. The van der Waals surface area contributed by atoms with E-state index in [9.17, 15) is 4.79 Å². The number of amides is 1. The summed E-state index contributed by atoms with van der Waals surface area (Å²) in [6, 6.07) is 13.1. The monoisotopic (exact) mass is 460 g/mol. The first-order chi connectivity index (χ1) is 16.5. The van der Waals surface area contributed by atoms with E-state index >= 15 is 0 Å². The molecule has 0 radical (unpaired) electrons. The molecule has 0 saturated carbocycles. The number of carbonyl (C=O) groups is 1. The van der Waals surface area contributed by atoms with Crippen molar-refractivity contribution in [1.82, 2.24) is 14.6 Å². The third-order valence-corrected chi connectivity index (χ3v) is 5.49. The largest absolute Gasteiger partial charge is 0.495 e. The van der Waals surface area contributed by atoms with Gasteiger partial charge in [0.15, 0.2) is 17.1 Å². The molecule has 4 rings (SSSR count). The summed E-state index contributed by atoms with van der Waals surface area (Å²) in [6.07, 6.45) is 1.58. The summed E-state index contributed by atoms with van der Waals surface area (Å²) in [4.78, 5) is 17.7. The fraction of sp³-hybridized carbons (Fsp3) is 0.269. The van der Waals surface area contributed by atoms with Crippen molar-refractivity contribution in [2.75, 3.05) is 25.6 Å². The second-order valence-electron chi connectivity index (χ2n) is 7.64. The summed E-state index contributed by atoms with van der Waals surface area (Å²) in [5, 5.41) is 7.59. The van der Waals surface area contributed by atoms with Crippen LogP contribution in [0.1, 0.15) is 35.6 Å². The zero-order valence-corrected chi connectivity index (χ0v) is 20.0. The average Bonchev–Trinajstić information content (AvgIpc) is 3.18. The van der Waals surface area contributed by atoms with E-state index < -0.39 is 0 Å². The number of nitrogens with one attached hydrogen (secondary N) is 1. The molecule has 34 heavy (non-hydrogen) atoms. The van der Waals surface area contributed by atoms with Crippen molar-refractivity contribution >= 4 is 17.2 Å². The Morgan fingerprint density at radius 1 is 1.00 bits per heavy atom. The van der Waals surface area contributed by atoms with Gasteiger partial charge >= 0.3 is 0 Å². The third-order valence-electron chi connectivity index (χ3n) is 5.49. The number of para-hydroxylation sites is 2. The fourth-order valence-electron chi connectivity index (χ4n) is 3.91. The number of carbonyl (C=O) groups excluding carboxylic acids is 1. The lowest BCUT2D eigenvalue weighted by Gasteiger charge is -2.13. The molecule has 1 N–H and O–H groups in total. The highest BCUT2D eigenvalue weighted by Gasteiger charge is 2.20. The quantitative estimate of drug-likeness (QED) is 0.395. The van der Waals surface area contributed by atoms with E-state index in [1.54, 1.807) is 30.0 Å². The Morgan fingerprint density at radius 2 is 1.74 bits per heavy atom. The smallest absolute Gasteiger partial charge is 0.259 e. The zero-order valence-electron chi connectivity index (χ0n) is 20.0. The van der Waals surface area contributed by atoms with Gasteiger partial charge in [-0.2, -0.15) is 5.10 Å². The van der Waals surface area contributed by atoms with Gasteiger partial charge in [-0.3, -0.25) is 4.79 Å². The molecule has 1 amide bonds. The topological polar surface area (TPSA) is 87.0 Å². The number of hydrogen-bond donors (Lipinski definition) is 1. The van der Waals surface area contributed by atoms with Gasteiger partial charge in [0.25, 0.3) is 5.91 Å². The van der Waals surface area contributed by atoms with Crippen LogP contribution in [0.15, 0.2) is 48.7 Å². The van der Waals surface area contributed by atoms with Gasteiger partial charge in [0, 0.05) is 11.8 Å².